The number of rotatable bonds is 5. The Morgan fingerprint density at radius 2 is 1.71 bits per heavy atom. The highest BCUT2D eigenvalue weighted by molar-refractivity contribution is 6.07. The molecule has 5 rings (SSSR count). The number of halogens is 2. The first-order valence-corrected chi connectivity index (χ1v) is 10.7. The lowest BCUT2D eigenvalue weighted by Gasteiger charge is -2.11. The number of pyridine rings is 1. The first-order valence-electron chi connectivity index (χ1n) is 10.7. The monoisotopic (exact) mass is 454 g/mol. The average Bonchev–Trinajstić information content (AvgIpc) is 3.24. The van der Waals surface area contributed by atoms with Crippen molar-refractivity contribution in [1.82, 2.24) is 20.1 Å². The van der Waals surface area contributed by atoms with Crippen molar-refractivity contribution in [3.8, 4) is 16.9 Å². The van der Waals surface area contributed by atoms with Gasteiger partial charge in [-0.05, 0) is 49.4 Å². The van der Waals surface area contributed by atoms with E-state index >= 15 is 0 Å². The quantitative estimate of drug-likeness (QED) is 0.376. The zero-order valence-corrected chi connectivity index (χ0v) is 18.3. The van der Waals surface area contributed by atoms with Crippen molar-refractivity contribution in [2.75, 3.05) is 0 Å². The van der Waals surface area contributed by atoms with Gasteiger partial charge in [-0.15, -0.1) is 0 Å². The van der Waals surface area contributed by atoms with E-state index in [1.165, 1.54) is 18.2 Å². The van der Waals surface area contributed by atoms with Crippen LogP contribution in [0, 0.1) is 18.6 Å². The Balaban J connectivity index is 1.53. The van der Waals surface area contributed by atoms with Crippen molar-refractivity contribution >= 4 is 16.8 Å². The molecule has 2 heterocycles. The molecule has 0 aliphatic heterocycles. The Bertz CT molecular complexity index is 1510. The van der Waals surface area contributed by atoms with Crippen LogP contribution in [0.1, 0.15) is 21.6 Å². The number of hydrogen-bond donors (Lipinski definition) is 1. The molecule has 1 amide bonds. The predicted octanol–water partition coefficient (Wildman–Crippen LogP) is 5.60. The molecule has 3 aromatic carbocycles. The van der Waals surface area contributed by atoms with Crippen molar-refractivity contribution in [2.24, 2.45) is 0 Å². The molecule has 5 nitrogen and oxygen atoms in total. The van der Waals surface area contributed by atoms with Gasteiger partial charge in [0.05, 0.1) is 34.4 Å². The van der Waals surface area contributed by atoms with Crippen LogP contribution in [0.3, 0.4) is 0 Å². The number of nitrogens with zero attached hydrogens (tertiary/aromatic N) is 3. The third-order valence-electron chi connectivity index (χ3n) is 5.71. The molecule has 0 atom stereocenters. The molecule has 0 bridgehead atoms. The molecule has 0 unspecified atom stereocenters. The molecule has 0 radical (unpaired) electrons. The minimum Gasteiger partial charge on any atom is -0.348 e. The van der Waals surface area contributed by atoms with Crippen LogP contribution in [0.15, 0.2) is 85.1 Å². The van der Waals surface area contributed by atoms with Crippen molar-refractivity contribution < 1.29 is 13.6 Å². The Morgan fingerprint density at radius 3 is 2.50 bits per heavy atom. The molecule has 168 valence electrons. The van der Waals surface area contributed by atoms with Gasteiger partial charge in [-0.2, -0.15) is 5.10 Å². The standard InChI is InChI=1S/C27H20F2N4O/c1-17-23(16-31-33(17)20-12-10-19(28)11-13-20)26-14-22(21-7-3-5-9-25(21)32-26)27(34)30-15-18-6-2-4-8-24(18)29/h2-14,16H,15H2,1H3,(H,30,34). The maximum absolute atomic E-state index is 14.0. The molecule has 0 fully saturated rings. The van der Waals surface area contributed by atoms with Crippen LogP contribution >= 0.6 is 0 Å². The predicted molar refractivity (Wildman–Crippen MR) is 127 cm³/mol. The summed E-state index contributed by atoms with van der Waals surface area (Å²) in [5, 5.41) is 7.95. The van der Waals surface area contributed by atoms with Gasteiger partial charge in [0, 0.05) is 23.1 Å². The summed E-state index contributed by atoms with van der Waals surface area (Å²) in [5.41, 5.74) is 4.35. The zero-order chi connectivity index (χ0) is 23.7. The lowest BCUT2D eigenvalue weighted by Crippen LogP contribution is -2.23. The smallest absolute Gasteiger partial charge is 0.252 e. The van der Waals surface area contributed by atoms with E-state index < -0.39 is 0 Å². The van der Waals surface area contributed by atoms with Gasteiger partial charge in [-0.3, -0.25) is 4.79 Å². The highest BCUT2D eigenvalue weighted by atomic mass is 19.1. The second-order valence-electron chi connectivity index (χ2n) is 7.88. The number of benzene rings is 3. The summed E-state index contributed by atoms with van der Waals surface area (Å²) < 4.78 is 29.0. The third kappa shape index (κ3) is 4.03. The van der Waals surface area contributed by atoms with Gasteiger partial charge in [-0.1, -0.05) is 36.4 Å². The number of hydrogen-bond acceptors (Lipinski definition) is 3. The molecule has 1 N–H and O–H groups in total. The van der Waals surface area contributed by atoms with E-state index in [4.69, 9.17) is 4.98 Å². The molecular weight excluding hydrogens is 434 g/mol. The van der Waals surface area contributed by atoms with Crippen LogP contribution in [0.25, 0.3) is 27.8 Å². The van der Waals surface area contributed by atoms with Gasteiger partial charge >= 0.3 is 0 Å². The Morgan fingerprint density at radius 1 is 0.971 bits per heavy atom. The molecule has 0 saturated carbocycles. The number of aromatic nitrogens is 3. The summed E-state index contributed by atoms with van der Waals surface area (Å²) in [7, 11) is 0. The second-order valence-corrected chi connectivity index (χ2v) is 7.88. The van der Waals surface area contributed by atoms with Crippen molar-refractivity contribution in [2.45, 2.75) is 13.5 Å². The second kappa shape index (κ2) is 8.86. The van der Waals surface area contributed by atoms with Gasteiger partial charge in [0.2, 0.25) is 0 Å². The first kappa shape index (κ1) is 21.5. The van der Waals surface area contributed by atoms with Gasteiger partial charge < -0.3 is 5.32 Å². The molecule has 0 spiro atoms. The molecule has 2 aromatic heterocycles. The topological polar surface area (TPSA) is 59.8 Å². The Labute approximate surface area is 194 Å². The van der Waals surface area contributed by atoms with Crippen LogP contribution in [0.2, 0.25) is 0 Å². The largest absolute Gasteiger partial charge is 0.348 e. The molecule has 34 heavy (non-hydrogen) atoms. The summed E-state index contributed by atoms with van der Waals surface area (Å²) in [6, 6.07) is 21.5. The molecular formula is C27H20F2N4O. The maximum atomic E-state index is 14.0. The number of fused-ring (bicyclic) bond motifs is 1. The summed E-state index contributed by atoms with van der Waals surface area (Å²) >= 11 is 0. The maximum Gasteiger partial charge on any atom is 0.252 e. The van der Waals surface area contributed by atoms with Crippen molar-refractivity contribution in [3.05, 3.63) is 114 Å². The minimum atomic E-state index is -0.369. The van der Waals surface area contributed by atoms with E-state index in [9.17, 15) is 13.6 Å². The minimum absolute atomic E-state index is 0.0685. The molecule has 0 saturated heterocycles. The van der Waals surface area contributed by atoms with Crippen LogP contribution < -0.4 is 5.32 Å². The zero-order valence-electron chi connectivity index (χ0n) is 18.3. The van der Waals surface area contributed by atoms with Gasteiger partial charge in [0.25, 0.3) is 5.91 Å². The lowest BCUT2D eigenvalue weighted by atomic mass is 10.0. The van der Waals surface area contributed by atoms with E-state index in [-0.39, 0.29) is 24.1 Å². The van der Waals surface area contributed by atoms with Crippen LogP contribution in [0.4, 0.5) is 8.78 Å². The van der Waals surface area contributed by atoms with E-state index in [1.54, 1.807) is 47.3 Å². The number of nitrogens with one attached hydrogen (secondary N) is 1. The number of amides is 1. The summed E-state index contributed by atoms with van der Waals surface area (Å²) in [6.45, 7) is 1.96. The van der Waals surface area contributed by atoms with Gasteiger partial charge in [-0.25, -0.2) is 18.4 Å². The van der Waals surface area contributed by atoms with Gasteiger partial charge in [0.15, 0.2) is 0 Å². The molecule has 5 aromatic rings. The van der Waals surface area contributed by atoms with Crippen molar-refractivity contribution in [1.29, 1.82) is 0 Å². The molecule has 0 aliphatic rings. The summed E-state index contributed by atoms with van der Waals surface area (Å²) in [6.07, 6.45) is 1.68. The van der Waals surface area contributed by atoms with Gasteiger partial charge in [0.1, 0.15) is 11.6 Å². The first-order chi connectivity index (χ1) is 16.5. The molecule has 7 heteroatoms. The van der Waals surface area contributed by atoms with Crippen LogP contribution in [-0.4, -0.2) is 20.7 Å². The van der Waals surface area contributed by atoms with E-state index in [0.717, 1.165) is 11.3 Å². The van der Waals surface area contributed by atoms with E-state index in [1.807, 2.05) is 31.2 Å². The number of carbonyl (C=O) groups excluding carboxylic acids is 1. The summed E-state index contributed by atoms with van der Waals surface area (Å²) in [4.78, 5) is 17.9. The van der Waals surface area contributed by atoms with E-state index in [2.05, 4.69) is 10.4 Å². The van der Waals surface area contributed by atoms with Crippen LogP contribution in [0.5, 0.6) is 0 Å². The molecule has 0 aliphatic carbocycles. The third-order valence-corrected chi connectivity index (χ3v) is 5.71. The fourth-order valence-electron chi connectivity index (χ4n) is 3.92. The normalized spacial score (nSPS) is 11.0. The number of para-hydroxylation sites is 1. The highest BCUT2D eigenvalue weighted by Crippen LogP contribution is 2.28. The highest BCUT2D eigenvalue weighted by Gasteiger charge is 2.17. The number of carbonyl (C=O) groups is 1. The van der Waals surface area contributed by atoms with Crippen molar-refractivity contribution in [3.63, 3.8) is 0 Å². The SMILES string of the molecule is Cc1c(-c2cc(C(=O)NCc3ccccc3F)c3ccccc3n2)cnn1-c1ccc(F)cc1. The van der Waals surface area contributed by atoms with Crippen LogP contribution in [-0.2, 0) is 6.54 Å². The lowest BCUT2D eigenvalue weighted by molar-refractivity contribution is 0.0952. The fraction of sp³-hybridized carbons (Fsp3) is 0.0741. The summed E-state index contributed by atoms with van der Waals surface area (Å²) in [5.74, 6) is -1.02. The van der Waals surface area contributed by atoms with E-state index in [0.29, 0.717) is 33.4 Å². The Kier molecular flexibility index (Phi) is 5.59. The Hall–Kier alpha value is -4.39. The average molecular weight is 454 g/mol. The fourth-order valence-corrected chi connectivity index (χ4v) is 3.92.